The van der Waals surface area contributed by atoms with Crippen LogP contribution in [0.3, 0.4) is 0 Å². The van der Waals surface area contributed by atoms with Gasteiger partial charge in [-0.15, -0.1) is 0 Å². The molecule has 38 heavy (non-hydrogen) atoms. The number of aryl methyl sites for hydroxylation is 3. The summed E-state index contributed by atoms with van der Waals surface area (Å²) < 4.78 is 24.3. The number of ether oxygens (including phenoxy) is 2. The highest BCUT2D eigenvalue weighted by Crippen LogP contribution is 2.36. The lowest BCUT2D eigenvalue weighted by Crippen LogP contribution is -2.55. The molecule has 7 heteroatoms. The third-order valence-corrected chi connectivity index (χ3v) is 10.9. The van der Waals surface area contributed by atoms with Crippen LogP contribution in [0.4, 0.5) is 0 Å². The summed E-state index contributed by atoms with van der Waals surface area (Å²) in [7, 11) is -2.92. The van der Waals surface area contributed by atoms with Crippen LogP contribution in [-0.2, 0) is 25.5 Å². The van der Waals surface area contributed by atoms with Gasteiger partial charge < -0.3 is 9.47 Å². The monoisotopic (exact) mass is 535 g/mol. The quantitative estimate of drug-likeness (QED) is 0.164. The van der Waals surface area contributed by atoms with Crippen LogP contribution in [-0.4, -0.2) is 45.3 Å². The molecule has 1 atom stereocenters. The van der Waals surface area contributed by atoms with Gasteiger partial charge in [0.2, 0.25) is 0 Å². The number of hydrogen-bond donors (Lipinski definition) is 2. The van der Waals surface area contributed by atoms with Crippen LogP contribution in [0.1, 0.15) is 42.9 Å². The molecule has 3 aromatic rings. The lowest BCUT2D eigenvalue weighted by molar-refractivity contribution is -0.134. The maximum atomic E-state index is 14.2. The molecular formula is C31H37NO5S. The van der Waals surface area contributed by atoms with Crippen molar-refractivity contribution in [2.75, 3.05) is 19.8 Å². The van der Waals surface area contributed by atoms with E-state index in [1.165, 1.54) is 27.8 Å². The normalized spacial score (nSPS) is 16.3. The highest BCUT2D eigenvalue weighted by molar-refractivity contribution is 8.03. The van der Waals surface area contributed by atoms with E-state index in [0.717, 1.165) is 12.8 Å². The number of carbonyl (C=O) groups is 1. The van der Waals surface area contributed by atoms with Gasteiger partial charge in [-0.05, 0) is 104 Å². The Labute approximate surface area is 226 Å². The number of nitrogens with one attached hydrogen (secondary N) is 1. The predicted octanol–water partition coefficient (Wildman–Crippen LogP) is 5.50. The molecule has 1 saturated heterocycles. The molecule has 0 aliphatic carbocycles. The predicted molar refractivity (Wildman–Crippen MR) is 152 cm³/mol. The topological polar surface area (TPSA) is 84.9 Å². The summed E-state index contributed by atoms with van der Waals surface area (Å²) in [5.74, 6) is 0.0499. The molecule has 0 radical (unpaired) electrons. The van der Waals surface area contributed by atoms with Crippen molar-refractivity contribution in [3.8, 4) is 16.9 Å². The highest BCUT2D eigenvalue weighted by atomic mass is 32.2. The van der Waals surface area contributed by atoms with Crippen LogP contribution in [0.25, 0.3) is 11.1 Å². The molecule has 0 aromatic heterocycles. The Kier molecular flexibility index (Phi) is 8.92. The van der Waals surface area contributed by atoms with E-state index >= 15 is 0 Å². The molecule has 0 saturated carbocycles. The molecule has 3 aromatic carbocycles. The molecule has 1 aliphatic rings. The summed E-state index contributed by atoms with van der Waals surface area (Å²) in [4.78, 5) is 13.3. The van der Waals surface area contributed by atoms with E-state index in [2.05, 4.69) is 56.3 Å². The molecule has 1 unspecified atom stereocenters. The fourth-order valence-corrected chi connectivity index (χ4v) is 7.90. The van der Waals surface area contributed by atoms with Crippen LogP contribution in [0, 0.1) is 13.8 Å². The molecule has 6 nitrogen and oxygen atoms in total. The Morgan fingerprint density at radius 1 is 1.03 bits per heavy atom. The van der Waals surface area contributed by atoms with Crippen molar-refractivity contribution in [3.05, 3.63) is 83.4 Å². The fraction of sp³-hybridized carbons (Fsp3) is 0.355. The Morgan fingerprint density at radius 2 is 1.74 bits per heavy atom. The lowest BCUT2D eigenvalue weighted by atomic mass is 9.98. The van der Waals surface area contributed by atoms with Crippen molar-refractivity contribution in [1.29, 1.82) is 0 Å². The van der Waals surface area contributed by atoms with Gasteiger partial charge in [-0.1, -0.05) is 42.5 Å². The molecule has 1 aliphatic heterocycles. The van der Waals surface area contributed by atoms with Crippen LogP contribution < -0.4 is 10.2 Å². The Morgan fingerprint density at radius 3 is 2.39 bits per heavy atom. The van der Waals surface area contributed by atoms with Gasteiger partial charge >= 0.3 is 0 Å². The fourth-order valence-electron chi connectivity index (χ4n) is 5.09. The maximum absolute atomic E-state index is 14.2. The van der Waals surface area contributed by atoms with Crippen LogP contribution >= 0.6 is 0 Å². The first-order chi connectivity index (χ1) is 18.3. The van der Waals surface area contributed by atoms with Gasteiger partial charge in [-0.25, -0.2) is 5.48 Å². The zero-order valence-corrected chi connectivity index (χ0v) is 23.2. The summed E-state index contributed by atoms with van der Waals surface area (Å²) in [6.45, 7) is 7.14. The number of rotatable bonds is 9. The molecule has 202 valence electrons. The van der Waals surface area contributed by atoms with E-state index < -0.39 is 20.2 Å². The van der Waals surface area contributed by atoms with E-state index in [1.54, 1.807) is 42.0 Å². The average molecular weight is 536 g/mol. The Balaban J connectivity index is 1.39. The van der Waals surface area contributed by atoms with Crippen molar-refractivity contribution in [1.82, 2.24) is 5.48 Å². The first kappa shape index (κ1) is 27.9. The number of hydroxylamine groups is 1. The smallest absolute Gasteiger partial charge is 0.262 e. The number of amides is 1. The summed E-state index contributed by atoms with van der Waals surface area (Å²) in [6.07, 6.45) is 2.30. The third-order valence-electron chi connectivity index (χ3n) is 7.55. The van der Waals surface area contributed by atoms with Gasteiger partial charge in [0.1, 0.15) is 10.5 Å². The van der Waals surface area contributed by atoms with Gasteiger partial charge in [-0.2, -0.15) is 0 Å². The summed E-state index contributed by atoms with van der Waals surface area (Å²) in [6, 6.07) is 22.3. The Hall–Kier alpha value is -3.13. The minimum atomic E-state index is -2.92. The molecule has 4 rings (SSSR count). The molecule has 1 fully saturated rings. The second-order valence-corrected chi connectivity index (χ2v) is 12.7. The molecule has 1 heterocycles. The van der Waals surface area contributed by atoms with Gasteiger partial charge in [0.25, 0.3) is 5.91 Å². The average Bonchev–Trinajstić information content (AvgIpc) is 2.96. The van der Waals surface area contributed by atoms with Crippen molar-refractivity contribution < 1.29 is 23.7 Å². The lowest BCUT2D eigenvalue weighted by Gasteiger charge is -2.38. The third kappa shape index (κ3) is 5.65. The van der Waals surface area contributed by atoms with Gasteiger partial charge in [0, 0.05) is 27.6 Å². The molecule has 0 spiro atoms. The zero-order chi connectivity index (χ0) is 27.2. The van der Waals surface area contributed by atoms with Crippen LogP contribution in [0.15, 0.2) is 71.6 Å². The number of carbonyl (C=O) groups excluding carboxylic acids is 1. The summed E-state index contributed by atoms with van der Waals surface area (Å²) in [5.41, 5.74) is 8.04. The van der Waals surface area contributed by atoms with E-state index in [9.17, 15) is 14.2 Å². The number of benzene rings is 3. The summed E-state index contributed by atoms with van der Waals surface area (Å²) in [5, 5.41) is 11.0. The SMILES string of the molecule is CC=S(=O)(c1ccc(OCCCc2cccc(-c3ccc(C)c(C)c3)c2)cc1)C1(C(=O)NO)CCOCC1. The van der Waals surface area contributed by atoms with Crippen molar-refractivity contribution in [2.24, 2.45) is 0 Å². The van der Waals surface area contributed by atoms with E-state index in [-0.39, 0.29) is 12.8 Å². The minimum absolute atomic E-state index is 0.269. The van der Waals surface area contributed by atoms with Crippen LogP contribution in [0.2, 0.25) is 0 Å². The first-order valence-electron chi connectivity index (χ1n) is 13.1. The summed E-state index contributed by atoms with van der Waals surface area (Å²) >= 11 is 0. The van der Waals surface area contributed by atoms with E-state index in [0.29, 0.717) is 30.5 Å². The standard InChI is InChI=1S/C31H37NO5S/c1-4-38(35,31(30(33)32-34)16-19-36-20-17-31)29-14-12-28(13-15-29)37-18-6-8-25-7-5-9-26(22-25)27-11-10-23(2)24(3)21-27/h4-5,7,9-15,21-22,34H,6,8,16-20H2,1-3H3,(H,32,33). The number of hydrogen-bond acceptors (Lipinski definition) is 5. The van der Waals surface area contributed by atoms with E-state index in [1.807, 2.05) is 0 Å². The highest BCUT2D eigenvalue weighted by Gasteiger charge is 2.48. The maximum Gasteiger partial charge on any atom is 0.262 e. The largest absolute Gasteiger partial charge is 0.494 e. The molecule has 2 N–H and O–H groups in total. The molecular weight excluding hydrogens is 498 g/mol. The first-order valence-corrected chi connectivity index (χ1v) is 14.7. The van der Waals surface area contributed by atoms with Crippen molar-refractivity contribution in [3.63, 3.8) is 0 Å². The van der Waals surface area contributed by atoms with Crippen LogP contribution in [0.5, 0.6) is 5.75 Å². The van der Waals surface area contributed by atoms with Crippen molar-refractivity contribution in [2.45, 2.75) is 56.1 Å². The minimum Gasteiger partial charge on any atom is -0.494 e. The second-order valence-electron chi connectivity index (χ2n) is 9.81. The van der Waals surface area contributed by atoms with Gasteiger partial charge in [0.15, 0.2) is 0 Å². The van der Waals surface area contributed by atoms with E-state index in [4.69, 9.17) is 9.47 Å². The Bertz CT molecular complexity index is 1380. The molecule has 1 amide bonds. The van der Waals surface area contributed by atoms with Gasteiger partial charge in [-0.3, -0.25) is 14.2 Å². The zero-order valence-electron chi connectivity index (χ0n) is 22.4. The second kappa shape index (κ2) is 12.2. The van der Waals surface area contributed by atoms with Crippen molar-refractivity contribution >= 4 is 20.8 Å². The molecule has 0 bridgehead atoms. The van der Waals surface area contributed by atoms with Gasteiger partial charge in [0.05, 0.1) is 6.61 Å².